The number of hydrogen-bond donors (Lipinski definition) is 8. The molecule has 2 aliphatic carbocycles. The fourth-order valence-electron chi connectivity index (χ4n) is 10.4. The topological polar surface area (TPSA) is 191 Å². The number of hydrogen-bond acceptors (Lipinski definition) is 14. The summed E-state index contributed by atoms with van der Waals surface area (Å²) in [6.45, 7) is 4.26. The lowest BCUT2D eigenvalue weighted by atomic mass is 9.69. The summed E-state index contributed by atoms with van der Waals surface area (Å²) in [5.41, 5.74) is 2.52. The van der Waals surface area contributed by atoms with Gasteiger partial charge in [0.2, 0.25) is 5.75 Å². The number of benzene rings is 2. The van der Waals surface area contributed by atoms with Crippen molar-refractivity contribution >= 4 is 21.6 Å². The molecule has 2 saturated carbocycles. The van der Waals surface area contributed by atoms with E-state index in [0.29, 0.717) is 48.3 Å². The normalized spacial score (nSPS) is 29.5. The maximum absolute atomic E-state index is 11.8. The molecule has 62 heavy (non-hydrogen) atoms. The highest BCUT2D eigenvalue weighted by Gasteiger charge is 2.40. The van der Waals surface area contributed by atoms with Crippen molar-refractivity contribution in [2.75, 3.05) is 39.6 Å². The van der Waals surface area contributed by atoms with Gasteiger partial charge in [-0.05, 0) is 136 Å². The second-order valence-corrected chi connectivity index (χ2v) is 21.1. The summed E-state index contributed by atoms with van der Waals surface area (Å²) < 4.78 is 23.2. The average molecular weight is 902 g/mol. The minimum absolute atomic E-state index is 0.00955. The van der Waals surface area contributed by atoms with Crippen molar-refractivity contribution in [3.05, 3.63) is 41.0 Å². The van der Waals surface area contributed by atoms with Crippen molar-refractivity contribution in [1.82, 2.24) is 5.32 Å². The van der Waals surface area contributed by atoms with Crippen LogP contribution in [-0.4, -0.2) is 105 Å². The van der Waals surface area contributed by atoms with Crippen molar-refractivity contribution < 1.29 is 54.7 Å². The van der Waals surface area contributed by atoms with Crippen molar-refractivity contribution in [2.45, 2.75) is 145 Å². The van der Waals surface area contributed by atoms with Crippen molar-refractivity contribution in [1.29, 1.82) is 0 Å². The lowest BCUT2D eigenvalue weighted by molar-refractivity contribution is -0.0808. The van der Waals surface area contributed by atoms with Crippen molar-refractivity contribution in [3.63, 3.8) is 0 Å². The maximum atomic E-state index is 11.8. The zero-order valence-corrected chi connectivity index (χ0v) is 38.4. The van der Waals surface area contributed by atoms with Gasteiger partial charge < -0.3 is 60.0 Å². The van der Waals surface area contributed by atoms with Crippen LogP contribution in [0.15, 0.2) is 24.3 Å². The first-order chi connectivity index (χ1) is 30.0. The zero-order valence-electron chi connectivity index (χ0n) is 36.8. The molecule has 0 bridgehead atoms. The molecule has 2 aromatic rings. The lowest BCUT2D eigenvalue weighted by Crippen LogP contribution is -2.50. The van der Waals surface area contributed by atoms with Crippen LogP contribution in [0.4, 0.5) is 0 Å². The summed E-state index contributed by atoms with van der Waals surface area (Å²) >= 11 is 0. The predicted octanol–water partition coefficient (Wildman–Crippen LogP) is 7.02. The molecule has 6 rings (SSSR count). The Labute approximate surface area is 376 Å². The Morgan fingerprint density at radius 1 is 0.903 bits per heavy atom. The SMILES string of the molecule is COc1cc(CC2C(O)CSSC(CCO)c3cc(O)c(OC4CCC5CNC6(CC#CC(CC(C)C)C5C4)CCCCC6)cc3CCC(OCO)CC2O)cc(OCO)c1O. The highest BCUT2D eigenvalue weighted by molar-refractivity contribution is 8.76. The van der Waals surface area contributed by atoms with E-state index in [4.69, 9.17) is 18.9 Å². The number of aromatic hydroxyl groups is 2. The lowest BCUT2D eigenvalue weighted by Gasteiger charge is -2.42. The Kier molecular flexibility index (Phi) is 18.6. The van der Waals surface area contributed by atoms with Crippen molar-refractivity contribution in [2.24, 2.45) is 29.6 Å². The standard InChI is InChI=1S/C48H71NO11S2/c1-30(2)18-32-8-7-16-48(14-5-4-6-15-48)49-26-34-10-12-36(23-37(32)34)60-43-22-33-9-11-35(58-28-51)24-40(53)39(19-31-20-44(57-3)47(56)45(21-31)59-29-52)42(55)27-61-62-46(13-17-50)38(33)25-41(43)54/h20-22,25,30,32,34-37,39-40,42,46,49-56H,4-6,9-19,23-24,26-29H2,1-3H3. The molecule has 2 fully saturated rings. The number of phenols is 2. The molecule has 4 aliphatic rings. The minimum atomic E-state index is -1.05. The van der Waals surface area contributed by atoms with Gasteiger partial charge in [-0.15, -0.1) is 5.92 Å². The predicted molar refractivity (Wildman–Crippen MR) is 243 cm³/mol. The third-order valence-corrected chi connectivity index (χ3v) is 16.6. The monoisotopic (exact) mass is 901 g/mol. The zero-order chi connectivity index (χ0) is 44.2. The molecule has 8 N–H and O–H groups in total. The summed E-state index contributed by atoms with van der Waals surface area (Å²) in [6, 6.07) is 6.86. The van der Waals surface area contributed by atoms with Crippen molar-refractivity contribution in [3.8, 4) is 40.6 Å². The Hall–Kier alpha value is -2.58. The Bertz CT molecular complexity index is 1780. The van der Waals surface area contributed by atoms with E-state index in [0.717, 1.165) is 49.8 Å². The summed E-state index contributed by atoms with van der Waals surface area (Å²) in [5, 5.41) is 79.0. The minimum Gasteiger partial charge on any atom is -0.504 e. The molecule has 9 atom stereocenters. The van der Waals surface area contributed by atoms with Gasteiger partial charge in [-0.1, -0.05) is 60.6 Å². The van der Waals surface area contributed by atoms with Gasteiger partial charge in [0.1, 0.15) is 6.79 Å². The molecule has 9 unspecified atom stereocenters. The van der Waals surface area contributed by atoms with E-state index in [9.17, 15) is 35.7 Å². The highest BCUT2D eigenvalue weighted by Crippen LogP contribution is 2.48. The Balaban J connectivity index is 1.23. The number of ether oxygens (including phenoxy) is 4. The summed E-state index contributed by atoms with van der Waals surface area (Å²) in [6.07, 6.45) is 9.85. The van der Waals surface area contributed by atoms with E-state index in [1.165, 1.54) is 60.8 Å². The molecular weight excluding hydrogens is 831 g/mol. The molecule has 2 aromatic carbocycles. The first kappa shape index (κ1) is 48.9. The van der Waals surface area contributed by atoms with Gasteiger partial charge in [0, 0.05) is 41.4 Å². The second kappa shape index (κ2) is 23.6. The summed E-state index contributed by atoms with van der Waals surface area (Å²) in [4.78, 5) is 0. The maximum Gasteiger partial charge on any atom is 0.200 e. The van der Waals surface area contributed by atoms with Crippen LogP contribution < -0.4 is 19.5 Å². The number of fused-ring (bicyclic) bond motifs is 2. The largest absolute Gasteiger partial charge is 0.504 e. The molecule has 14 heteroatoms. The Morgan fingerprint density at radius 3 is 2.42 bits per heavy atom. The smallest absolute Gasteiger partial charge is 0.200 e. The van der Waals surface area contributed by atoms with Gasteiger partial charge in [-0.3, -0.25) is 0 Å². The fraction of sp³-hybridized carbons (Fsp3) is 0.708. The fourth-order valence-corrected chi connectivity index (χ4v) is 13.3. The van der Waals surface area contributed by atoms with E-state index in [1.54, 1.807) is 18.2 Å². The number of nitrogens with one attached hydrogen (secondary N) is 1. The molecule has 346 valence electrons. The number of methoxy groups -OCH3 is 1. The van der Waals surface area contributed by atoms with E-state index in [-0.39, 0.29) is 71.0 Å². The molecule has 1 spiro atoms. The first-order valence-corrected chi connectivity index (χ1v) is 25.2. The number of aliphatic hydroxyl groups is 5. The van der Waals surface area contributed by atoms with Gasteiger partial charge in [-0.2, -0.15) is 0 Å². The summed E-state index contributed by atoms with van der Waals surface area (Å²) in [7, 11) is 4.33. The summed E-state index contributed by atoms with van der Waals surface area (Å²) in [5.74, 6) is 9.04. The van der Waals surface area contributed by atoms with Crippen LogP contribution in [0.2, 0.25) is 0 Å². The average Bonchev–Trinajstić information content (AvgIpc) is 3.31. The quantitative estimate of drug-likeness (QED) is 0.0582. The van der Waals surface area contributed by atoms with E-state index >= 15 is 0 Å². The third kappa shape index (κ3) is 12.8. The van der Waals surface area contributed by atoms with E-state index < -0.39 is 37.8 Å². The van der Waals surface area contributed by atoms with Crippen LogP contribution >= 0.6 is 21.6 Å². The van der Waals surface area contributed by atoms with Gasteiger partial charge in [-0.25, -0.2) is 0 Å². The molecule has 0 saturated heterocycles. The van der Waals surface area contributed by atoms with Crippen LogP contribution in [-0.2, 0) is 17.6 Å². The van der Waals surface area contributed by atoms with Gasteiger partial charge in [0.15, 0.2) is 29.8 Å². The number of phenolic OH excluding ortho intramolecular Hbond substituents is 2. The van der Waals surface area contributed by atoms with Crippen LogP contribution in [0.5, 0.6) is 28.7 Å². The van der Waals surface area contributed by atoms with Crippen LogP contribution in [0.25, 0.3) is 0 Å². The molecular formula is C48H71NO11S2. The van der Waals surface area contributed by atoms with Crippen LogP contribution in [0, 0.1) is 41.4 Å². The van der Waals surface area contributed by atoms with Gasteiger partial charge in [0.05, 0.1) is 31.5 Å². The highest BCUT2D eigenvalue weighted by atomic mass is 33.1. The second-order valence-electron chi connectivity index (χ2n) is 18.4. The number of aryl methyl sites for hydroxylation is 1. The Morgan fingerprint density at radius 2 is 1.69 bits per heavy atom. The molecule has 12 nitrogen and oxygen atoms in total. The van der Waals surface area contributed by atoms with Gasteiger partial charge >= 0.3 is 0 Å². The van der Waals surface area contributed by atoms with E-state index in [2.05, 4.69) is 31.0 Å². The van der Waals surface area contributed by atoms with Gasteiger partial charge in [0.25, 0.3) is 0 Å². The molecule has 2 heterocycles. The molecule has 2 aliphatic heterocycles. The molecule has 0 radical (unpaired) electrons. The van der Waals surface area contributed by atoms with Crippen LogP contribution in [0.1, 0.15) is 119 Å². The third-order valence-electron chi connectivity index (χ3n) is 13.7. The van der Waals surface area contributed by atoms with E-state index in [1.807, 2.05) is 6.07 Å². The number of rotatable bonds is 13. The van der Waals surface area contributed by atoms with Crippen LogP contribution in [0.3, 0.4) is 0 Å². The number of aliphatic hydroxyl groups excluding tert-OH is 5. The first-order valence-electron chi connectivity index (χ1n) is 22.8. The molecule has 0 aromatic heterocycles. The molecule has 0 amide bonds.